The Morgan fingerprint density at radius 1 is 1.29 bits per heavy atom. The number of carbonyl (C=O) groups is 1. The molecule has 9 nitrogen and oxygen atoms in total. The number of rotatable bonds is 6. The van der Waals surface area contributed by atoms with E-state index in [1.165, 1.54) is 7.11 Å². The SMILES string of the molecule is CCC1=C2Cn3c(cc4c(c3=O)COC(=O)[C@]4(O)CC)C2Nc2ccc(O[PH](=O)COC)cc21. The number of esters is 1. The third-order valence-corrected chi connectivity index (χ3v) is 7.89. The number of benzene rings is 1. The maximum atomic E-state index is 13.4. The highest BCUT2D eigenvalue weighted by molar-refractivity contribution is 7.39. The van der Waals surface area contributed by atoms with E-state index in [1.54, 1.807) is 23.6 Å². The number of hydrogen-bond acceptors (Lipinski definition) is 8. The van der Waals surface area contributed by atoms with Crippen LogP contribution in [0.3, 0.4) is 0 Å². The van der Waals surface area contributed by atoms with Crippen LogP contribution in [0.1, 0.15) is 55.1 Å². The van der Waals surface area contributed by atoms with Crippen molar-refractivity contribution in [2.75, 3.05) is 18.8 Å². The zero-order valence-electron chi connectivity index (χ0n) is 19.3. The summed E-state index contributed by atoms with van der Waals surface area (Å²) < 4.78 is 29.4. The number of anilines is 1. The fraction of sp³-hybridized carbons (Fsp3) is 0.417. The lowest BCUT2D eigenvalue weighted by Crippen LogP contribution is -2.44. The third kappa shape index (κ3) is 3.34. The number of pyridine rings is 1. The molecule has 10 heteroatoms. The number of methoxy groups -OCH3 is 1. The van der Waals surface area contributed by atoms with Crippen LogP contribution in [0.5, 0.6) is 5.75 Å². The predicted octanol–water partition coefficient (Wildman–Crippen LogP) is 3.30. The molecule has 5 rings (SSSR count). The van der Waals surface area contributed by atoms with Crippen molar-refractivity contribution < 1.29 is 28.5 Å². The van der Waals surface area contributed by atoms with Gasteiger partial charge in [-0.25, -0.2) is 4.79 Å². The monoisotopic (exact) mass is 486 g/mol. The highest BCUT2D eigenvalue weighted by Crippen LogP contribution is 2.47. The molecule has 180 valence electrons. The van der Waals surface area contributed by atoms with Gasteiger partial charge < -0.3 is 29.0 Å². The lowest BCUT2D eigenvalue weighted by atomic mass is 9.84. The van der Waals surface area contributed by atoms with Gasteiger partial charge in [-0.05, 0) is 48.3 Å². The van der Waals surface area contributed by atoms with Crippen molar-refractivity contribution in [3.05, 3.63) is 62.6 Å². The zero-order valence-corrected chi connectivity index (χ0v) is 20.3. The van der Waals surface area contributed by atoms with Crippen molar-refractivity contribution in [3.8, 4) is 5.75 Å². The van der Waals surface area contributed by atoms with Gasteiger partial charge in [0.25, 0.3) is 13.6 Å². The molecule has 0 bridgehead atoms. The summed E-state index contributed by atoms with van der Waals surface area (Å²) in [6.45, 7) is 3.99. The van der Waals surface area contributed by atoms with Gasteiger partial charge in [-0.3, -0.25) is 9.36 Å². The summed E-state index contributed by atoms with van der Waals surface area (Å²) in [5.74, 6) is -0.226. The largest absolute Gasteiger partial charge is 0.458 e. The van der Waals surface area contributed by atoms with Crippen LogP contribution in [0.2, 0.25) is 0 Å². The number of nitrogens with one attached hydrogen (secondary N) is 1. The first-order valence-electron chi connectivity index (χ1n) is 11.3. The highest BCUT2D eigenvalue weighted by atomic mass is 31.1. The van der Waals surface area contributed by atoms with E-state index in [0.29, 0.717) is 29.1 Å². The molecule has 3 aliphatic rings. The number of fused-ring (bicyclic) bond motifs is 5. The third-order valence-electron chi connectivity index (χ3n) is 6.90. The Morgan fingerprint density at radius 2 is 2.09 bits per heavy atom. The average molecular weight is 486 g/mol. The van der Waals surface area contributed by atoms with E-state index in [4.69, 9.17) is 14.0 Å². The van der Waals surface area contributed by atoms with E-state index in [0.717, 1.165) is 28.8 Å². The second kappa shape index (κ2) is 8.41. The predicted molar refractivity (Wildman–Crippen MR) is 126 cm³/mol. The highest BCUT2D eigenvalue weighted by Gasteiger charge is 2.46. The summed E-state index contributed by atoms with van der Waals surface area (Å²) in [7, 11) is -0.877. The Morgan fingerprint density at radius 3 is 2.79 bits per heavy atom. The summed E-state index contributed by atoms with van der Waals surface area (Å²) in [4.78, 5) is 25.8. The maximum Gasteiger partial charge on any atom is 0.343 e. The maximum absolute atomic E-state index is 13.4. The fourth-order valence-corrected chi connectivity index (χ4v) is 5.86. The number of nitrogens with zero attached hydrogens (tertiary/aromatic N) is 1. The van der Waals surface area contributed by atoms with Crippen LogP contribution in [-0.2, 0) is 37.6 Å². The number of allylic oxidation sites excluding steroid dienone is 1. The second-order valence-electron chi connectivity index (χ2n) is 8.69. The summed E-state index contributed by atoms with van der Waals surface area (Å²) in [6.07, 6.45) is 0.879. The van der Waals surface area contributed by atoms with Crippen LogP contribution in [0.25, 0.3) is 5.57 Å². The molecule has 1 aromatic carbocycles. The molecular formula is C24H27N2O7P. The second-order valence-corrected chi connectivity index (χ2v) is 9.93. The first kappa shape index (κ1) is 22.9. The van der Waals surface area contributed by atoms with Gasteiger partial charge >= 0.3 is 5.97 Å². The normalized spacial score (nSPS) is 23.3. The molecule has 0 saturated carbocycles. The summed E-state index contributed by atoms with van der Waals surface area (Å²) in [5, 5.41) is 14.6. The number of aromatic nitrogens is 1. The Hall–Kier alpha value is -2.87. The molecule has 0 radical (unpaired) electrons. The van der Waals surface area contributed by atoms with Crippen LogP contribution in [0.4, 0.5) is 5.69 Å². The molecule has 2 unspecified atom stereocenters. The first-order valence-corrected chi connectivity index (χ1v) is 12.8. The Labute approximate surface area is 197 Å². The van der Waals surface area contributed by atoms with Gasteiger partial charge in [0.2, 0.25) is 0 Å². The summed E-state index contributed by atoms with van der Waals surface area (Å²) in [5.41, 5.74) is 3.21. The van der Waals surface area contributed by atoms with Gasteiger partial charge in [0.15, 0.2) is 5.60 Å². The van der Waals surface area contributed by atoms with Crippen molar-refractivity contribution in [1.82, 2.24) is 4.57 Å². The van der Waals surface area contributed by atoms with Crippen LogP contribution >= 0.6 is 8.03 Å². The fourth-order valence-electron chi connectivity index (χ4n) is 5.18. The van der Waals surface area contributed by atoms with E-state index in [2.05, 4.69) is 12.2 Å². The van der Waals surface area contributed by atoms with Crippen LogP contribution in [0, 0.1) is 0 Å². The first-order chi connectivity index (χ1) is 16.3. The zero-order chi connectivity index (χ0) is 24.2. The molecular weight excluding hydrogens is 459 g/mol. The number of carbonyl (C=O) groups excluding carboxylic acids is 1. The van der Waals surface area contributed by atoms with Crippen LogP contribution in [-0.4, -0.2) is 29.1 Å². The van der Waals surface area contributed by atoms with Gasteiger partial charge in [0, 0.05) is 36.2 Å². The molecule has 3 atom stereocenters. The van der Waals surface area contributed by atoms with E-state index >= 15 is 0 Å². The minimum atomic E-state index is -2.35. The van der Waals surface area contributed by atoms with E-state index < -0.39 is 19.6 Å². The molecule has 0 saturated heterocycles. The molecule has 2 aromatic rings. The molecule has 0 spiro atoms. The molecule has 0 fully saturated rings. The number of hydrogen-bond donors (Lipinski definition) is 2. The summed E-state index contributed by atoms with van der Waals surface area (Å²) in [6, 6.07) is 7.00. The van der Waals surface area contributed by atoms with Crippen molar-refractivity contribution in [2.24, 2.45) is 0 Å². The number of ether oxygens (including phenoxy) is 2. The minimum absolute atomic E-state index is 0.0447. The van der Waals surface area contributed by atoms with Crippen molar-refractivity contribution in [3.63, 3.8) is 0 Å². The standard InChI is InChI=1S/C24H27N2O7P/c1-4-14-15-8-13(33-34(30)12-31-3)6-7-19(15)25-21-16(14)10-26-20(21)9-18-17(22(26)27)11-32-23(28)24(18,29)5-2/h6-9,21,25,29,34H,4-5,10-12H2,1-3H3/t21?,24-/m0/s1. The lowest BCUT2D eigenvalue weighted by Gasteiger charge is -2.32. The Balaban J connectivity index is 1.61. The molecule has 1 aromatic heterocycles. The molecule has 2 N–H and O–H groups in total. The van der Waals surface area contributed by atoms with Crippen molar-refractivity contribution >= 4 is 25.3 Å². The average Bonchev–Trinajstić information content (AvgIpc) is 3.19. The van der Waals surface area contributed by atoms with Crippen molar-refractivity contribution in [1.29, 1.82) is 0 Å². The van der Waals surface area contributed by atoms with Gasteiger partial charge in [-0.15, -0.1) is 0 Å². The smallest absolute Gasteiger partial charge is 0.343 e. The Bertz CT molecular complexity index is 1320. The van der Waals surface area contributed by atoms with Gasteiger partial charge in [-0.2, -0.15) is 0 Å². The van der Waals surface area contributed by atoms with Gasteiger partial charge in [0.05, 0.1) is 11.6 Å². The van der Waals surface area contributed by atoms with Gasteiger partial charge in [-0.1, -0.05) is 13.8 Å². The van der Waals surface area contributed by atoms with E-state index in [1.807, 2.05) is 12.1 Å². The van der Waals surface area contributed by atoms with E-state index in [9.17, 15) is 19.3 Å². The van der Waals surface area contributed by atoms with Crippen LogP contribution < -0.4 is 15.4 Å². The summed E-state index contributed by atoms with van der Waals surface area (Å²) >= 11 is 0. The number of aliphatic hydroxyl groups is 1. The van der Waals surface area contributed by atoms with E-state index in [-0.39, 0.29) is 31.0 Å². The molecule has 0 aliphatic carbocycles. The molecule has 0 amide bonds. The van der Waals surface area contributed by atoms with Gasteiger partial charge in [0.1, 0.15) is 18.7 Å². The topological polar surface area (TPSA) is 116 Å². The molecule has 3 aliphatic heterocycles. The minimum Gasteiger partial charge on any atom is -0.458 e. The van der Waals surface area contributed by atoms with Crippen LogP contribution in [0.15, 0.2) is 34.6 Å². The Kier molecular flexibility index (Phi) is 5.67. The quantitative estimate of drug-likeness (QED) is 0.472. The van der Waals surface area contributed by atoms with Crippen molar-refractivity contribution in [2.45, 2.75) is 51.5 Å². The lowest BCUT2D eigenvalue weighted by molar-refractivity contribution is -0.172. The molecule has 34 heavy (non-hydrogen) atoms. The number of cyclic esters (lactones) is 1. The molecule has 4 heterocycles.